The molecule has 1 saturated heterocycles. The van der Waals surface area contributed by atoms with Gasteiger partial charge < -0.3 is 20.1 Å². The number of hydrogen-bond acceptors (Lipinski definition) is 4. The Hall–Kier alpha value is -2.41. The Morgan fingerprint density at radius 3 is 2.76 bits per heavy atom. The van der Waals surface area contributed by atoms with Crippen LogP contribution < -0.4 is 5.32 Å². The summed E-state index contributed by atoms with van der Waals surface area (Å²) in [4.78, 5) is 37.7. The average Bonchev–Trinajstić information content (AvgIpc) is 3.35. The molecule has 2 amide bonds. The maximum absolute atomic E-state index is 12.7. The van der Waals surface area contributed by atoms with Crippen LogP contribution in [0, 0.1) is 11.3 Å². The first-order chi connectivity index (χ1) is 11.9. The summed E-state index contributed by atoms with van der Waals surface area (Å²) in [5.41, 5.74) is -0.0297. The summed E-state index contributed by atoms with van der Waals surface area (Å²) in [6.45, 7) is 0.560. The van der Waals surface area contributed by atoms with E-state index in [0.717, 1.165) is 12.8 Å². The smallest absolute Gasteiger partial charge is 0.313 e. The van der Waals surface area contributed by atoms with Crippen LogP contribution in [0.3, 0.4) is 0 Å². The molecule has 1 aromatic rings. The molecule has 0 radical (unpaired) electrons. The quantitative estimate of drug-likeness (QED) is 0.816. The van der Waals surface area contributed by atoms with Crippen LogP contribution in [-0.2, 0) is 14.3 Å². The summed E-state index contributed by atoms with van der Waals surface area (Å²) in [6.07, 6.45) is 2.18. The van der Waals surface area contributed by atoms with Crippen molar-refractivity contribution >= 4 is 23.5 Å². The van der Waals surface area contributed by atoms with Gasteiger partial charge in [0, 0.05) is 37.4 Å². The Bertz CT molecular complexity index is 700. The number of anilines is 1. The number of likely N-dealkylation sites (tertiary alicyclic amines) is 1. The van der Waals surface area contributed by atoms with Crippen LogP contribution in [0.2, 0.25) is 0 Å². The largest absolute Gasteiger partial charge is 0.481 e. The van der Waals surface area contributed by atoms with Crippen molar-refractivity contribution in [3.05, 3.63) is 29.8 Å². The third-order valence-corrected chi connectivity index (χ3v) is 4.84. The number of nitrogens with one attached hydrogen (secondary N) is 1. The number of rotatable bonds is 6. The van der Waals surface area contributed by atoms with E-state index in [1.165, 1.54) is 12.0 Å². The molecular weight excluding hydrogens is 324 g/mol. The summed E-state index contributed by atoms with van der Waals surface area (Å²) >= 11 is 0. The van der Waals surface area contributed by atoms with Gasteiger partial charge in [-0.15, -0.1) is 0 Å². The van der Waals surface area contributed by atoms with Gasteiger partial charge in [-0.3, -0.25) is 14.4 Å². The van der Waals surface area contributed by atoms with Crippen molar-refractivity contribution in [2.75, 3.05) is 32.1 Å². The van der Waals surface area contributed by atoms with Gasteiger partial charge in [-0.2, -0.15) is 0 Å². The SMILES string of the molecule is COCC1(C(=O)O)CCN(C(=O)c2cccc(NC(=O)C3CC3)c2)C1. The maximum Gasteiger partial charge on any atom is 0.313 e. The summed E-state index contributed by atoms with van der Waals surface area (Å²) in [6, 6.07) is 6.77. The lowest BCUT2D eigenvalue weighted by Crippen LogP contribution is -2.40. The molecule has 2 aliphatic rings. The lowest BCUT2D eigenvalue weighted by atomic mass is 9.88. The first-order valence-electron chi connectivity index (χ1n) is 8.38. The molecule has 1 heterocycles. The average molecular weight is 346 g/mol. The van der Waals surface area contributed by atoms with Crippen molar-refractivity contribution < 1.29 is 24.2 Å². The number of carbonyl (C=O) groups is 3. The highest BCUT2D eigenvalue weighted by molar-refractivity contribution is 5.98. The molecule has 0 aromatic heterocycles. The van der Waals surface area contributed by atoms with Gasteiger partial charge >= 0.3 is 5.97 Å². The van der Waals surface area contributed by atoms with E-state index in [9.17, 15) is 19.5 Å². The van der Waals surface area contributed by atoms with Crippen molar-refractivity contribution in [2.24, 2.45) is 11.3 Å². The Kier molecular flexibility index (Phi) is 4.76. The summed E-state index contributed by atoms with van der Waals surface area (Å²) in [5, 5.41) is 12.3. The van der Waals surface area contributed by atoms with Gasteiger partial charge in [-0.25, -0.2) is 0 Å². The van der Waals surface area contributed by atoms with Gasteiger partial charge in [-0.05, 0) is 37.5 Å². The second kappa shape index (κ2) is 6.84. The van der Waals surface area contributed by atoms with E-state index in [-0.39, 0.29) is 30.9 Å². The second-order valence-corrected chi connectivity index (χ2v) is 6.84. The molecule has 1 atom stereocenters. The zero-order valence-electron chi connectivity index (χ0n) is 14.2. The number of carboxylic acids is 1. The number of carboxylic acid groups (broad SMARTS) is 1. The van der Waals surface area contributed by atoms with Crippen molar-refractivity contribution in [1.82, 2.24) is 4.90 Å². The van der Waals surface area contributed by atoms with Crippen LogP contribution in [0.5, 0.6) is 0 Å². The summed E-state index contributed by atoms with van der Waals surface area (Å²) < 4.78 is 5.05. The van der Waals surface area contributed by atoms with Crippen molar-refractivity contribution in [3.63, 3.8) is 0 Å². The van der Waals surface area contributed by atoms with E-state index in [1.54, 1.807) is 24.3 Å². The third-order valence-electron chi connectivity index (χ3n) is 4.84. The topological polar surface area (TPSA) is 95.9 Å². The standard InChI is InChI=1S/C18H22N2O5/c1-25-11-18(17(23)24)7-8-20(10-18)16(22)13-3-2-4-14(9-13)19-15(21)12-5-6-12/h2-4,9,12H,5-8,10-11H2,1H3,(H,19,21)(H,23,24). The minimum absolute atomic E-state index is 0.0178. The number of amides is 2. The maximum atomic E-state index is 12.7. The lowest BCUT2D eigenvalue weighted by Gasteiger charge is -2.24. The number of carbonyl (C=O) groups excluding carboxylic acids is 2. The molecule has 2 N–H and O–H groups in total. The van der Waals surface area contributed by atoms with Crippen LogP contribution in [0.4, 0.5) is 5.69 Å². The predicted octanol–water partition coefficient (Wildman–Crippen LogP) is 1.60. The van der Waals surface area contributed by atoms with Crippen LogP contribution in [0.25, 0.3) is 0 Å². The van der Waals surface area contributed by atoms with Gasteiger partial charge in [0.15, 0.2) is 0 Å². The molecule has 1 saturated carbocycles. The minimum Gasteiger partial charge on any atom is -0.481 e. The Morgan fingerprint density at radius 1 is 1.36 bits per heavy atom. The van der Waals surface area contributed by atoms with Gasteiger partial charge in [0.2, 0.25) is 5.91 Å². The molecule has 3 rings (SSSR count). The van der Waals surface area contributed by atoms with E-state index in [0.29, 0.717) is 24.2 Å². The summed E-state index contributed by atoms with van der Waals surface area (Å²) in [5.74, 6) is -1.12. The molecule has 1 aliphatic heterocycles. The highest BCUT2D eigenvalue weighted by Crippen LogP contribution is 2.33. The highest BCUT2D eigenvalue weighted by Gasteiger charge is 2.46. The molecule has 2 fully saturated rings. The number of benzene rings is 1. The van der Waals surface area contributed by atoms with E-state index < -0.39 is 11.4 Å². The fourth-order valence-electron chi connectivity index (χ4n) is 3.18. The molecule has 25 heavy (non-hydrogen) atoms. The first-order valence-corrected chi connectivity index (χ1v) is 8.38. The van der Waals surface area contributed by atoms with E-state index in [4.69, 9.17) is 4.74 Å². The number of ether oxygens (including phenoxy) is 1. The predicted molar refractivity (Wildman–Crippen MR) is 90.3 cm³/mol. The molecule has 1 aromatic carbocycles. The molecule has 1 unspecified atom stereocenters. The zero-order chi connectivity index (χ0) is 18.0. The molecule has 134 valence electrons. The number of hydrogen-bond donors (Lipinski definition) is 2. The van der Waals surface area contributed by atoms with Crippen molar-refractivity contribution in [1.29, 1.82) is 0 Å². The van der Waals surface area contributed by atoms with E-state index in [2.05, 4.69) is 5.32 Å². The van der Waals surface area contributed by atoms with E-state index in [1.807, 2.05) is 0 Å². The van der Waals surface area contributed by atoms with Crippen molar-refractivity contribution in [3.8, 4) is 0 Å². The van der Waals surface area contributed by atoms with Gasteiger partial charge in [0.1, 0.15) is 5.41 Å². The number of nitrogens with zero attached hydrogens (tertiary/aromatic N) is 1. The summed E-state index contributed by atoms with van der Waals surface area (Å²) in [7, 11) is 1.46. The Labute approximate surface area is 146 Å². The minimum atomic E-state index is -1.05. The molecule has 7 nitrogen and oxygen atoms in total. The highest BCUT2D eigenvalue weighted by atomic mass is 16.5. The van der Waals surface area contributed by atoms with E-state index >= 15 is 0 Å². The van der Waals surface area contributed by atoms with Gasteiger partial charge in [-0.1, -0.05) is 6.07 Å². The lowest BCUT2D eigenvalue weighted by molar-refractivity contribution is -0.151. The zero-order valence-corrected chi connectivity index (χ0v) is 14.2. The number of aliphatic carboxylic acids is 1. The van der Waals surface area contributed by atoms with Crippen LogP contribution in [-0.4, -0.2) is 54.6 Å². The normalized spacial score (nSPS) is 22.7. The Balaban J connectivity index is 1.70. The molecule has 1 aliphatic carbocycles. The fraction of sp³-hybridized carbons (Fsp3) is 0.500. The molecule has 0 spiro atoms. The molecule has 7 heteroatoms. The van der Waals surface area contributed by atoms with Crippen molar-refractivity contribution in [2.45, 2.75) is 19.3 Å². The van der Waals surface area contributed by atoms with Gasteiger partial charge in [0.05, 0.1) is 6.61 Å². The molecule has 0 bridgehead atoms. The monoisotopic (exact) mass is 346 g/mol. The molecular formula is C18H22N2O5. The number of methoxy groups -OCH3 is 1. The first kappa shape index (κ1) is 17.4. The third kappa shape index (κ3) is 3.66. The Morgan fingerprint density at radius 2 is 2.12 bits per heavy atom. The fourth-order valence-corrected chi connectivity index (χ4v) is 3.18. The second-order valence-electron chi connectivity index (χ2n) is 6.84. The van der Waals surface area contributed by atoms with Gasteiger partial charge in [0.25, 0.3) is 5.91 Å². The van der Waals surface area contributed by atoms with Crippen LogP contribution in [0.15, 0.2) is 24.3 Å². The van der Waals surface area contributed by atoms with Crippen LogP contribution >= 0.6 is 0 Å². The van der Waals surface area contributed by atoms with Crippen LogP contribution in [0.1, 0.15) is 29.6 Å².